The molecule has 3 heterocycles. The van der Waals surface area contributed by atoms with E-state index in [1.807, 2.05) is 0 Å². The van der Waals surface area contributed by atoms with Crippen LogP contribution in [0.4, 0.5) is 0 Å². The van der Waals surface area contributed by atoms with Crippen LogP contribution in [0.2, 0.25) is 0 Å². The molecule has 1 saturated carbocycles. The molecule has 0 radical (unpaired) electrons. The fraction of sp³-hybridized carbons (Fsp3) is 0.533. The molecule has 5 nitrogen and oxygen atoms in total. The number of nitrogens with zero attached hydrogens (tertiary/aromatic N) is 2. The summed E-state index contributed by atoms with van der Waals surface area (Å²) in [6.45, 7) is 0.880. The Kier molecular flexibility index (Phi) is 2.48. The molecule has 1 unspecified atom stereocenters. The normalized spacial score (nSPS) is 27.6. The van der Waals surface area contributed by atoms with Crippen molar-refractivity contribution in [2.75, 3.05) is 6.54 Å². The summed E-state index contributed by atoms with van der Waals surface area (Å²) in [6.07, 6.45) is 6.86. The van der Waals surface area contributed by atoms with Crippen molar-refractivity contribution in [3.63, 3.8) is 0 Å². The Labute approximate surface area is 117 Å². The van der Waals surface area contributed by atoms with Crippen LogP contribution in [-0.4, -0.2) is 39.8 Å². The van der Waals surface area contributed by atoms with E-state index in [2.05, 4.69) is 10.3 Å². The van der Waals surface area contributed by atoms with Gasteiger partial charge in [-0.3, -0.25) is 19.5 Å². The Balaban J connectivity index is 1.64. The smallest absolute Gasteiger partial charge is 0.280 e. The number of carbonyl (C=O) groups is 2. The molecule has 4 rings (SSSR count). The number of fused-ring (bicyclic) bond motifs is 1. The highest BCUT2D eigenvalue weighted by Crippen LogP contribution is 2.40. The quantitative estimate of drug-likeness (QED) is 0.783. The van der Waals surface area contributed by atoms with Crippen LogP contribution in [0, 0.1) is 0 Å². The molecule has 104 valence electrons. The summed E-state index contributed by atoms with van der Waals surface area (Å²) in [7, 11) is 0. The van der Waals surface area contributed by atoms with Gasteiger partial charge < -0.3 is 5.32 Å². The van der Waals surface area contributed by atoms with Gasteiger partial charge in [0.05, 0.1) is 5.56 Å². The minimum Gasteiger partial charge on any atom is -0.311 e. The van der Waals surface area contributed by atoms with E-state index < -0.39 is 0 Å². The largest absolute Gasteiger partial charge is 0.311 e. The Morgan fingerprint density at radius 2 is 2.15 bits per heavy atom. The summed E-state index contributed by atoms with van der Waals surface area (Å²) in [5, 5.41) is 3.57. The lowest BCUT2D eigenvalue weighted by Crippen LogP contribution is -2.60. The van der Waals surface area contributed by atoms with Crippen molar-refractivity contribution in [2.45, 2.75) is 43.7 Å². The molecule has 5 heteroatoms. The van der Waals surface area contributed by atoms with Crippen LogP contribution in [0.15, 0.2) is 18.3 Å². The first-order valence-corrected chi connectivity index (χ1v) is 7.28. The summed E-state index contributed by atoms with van der Waals surface area (Å²) in [4.78, 5) is 30.4. The summed E-state index contributed by atoms with van der Waals surface area (Å²) in [5.74, 6) is -0.383. The summed E-state index contributed by atoms with van der Waals surface area (Å²) in [5.41, 5.74) is 0.948. The molecule has 3 aliphatic rings. The molecule has 2 amide bonds. The van der Waals surface area contributed by atoms with Gasteiger partial charge in [0.1, 0.15) is 5.69 Å². The van der Waals surface area contributed by atoms with Gasteiger partial charge in [-0.2, -0.15) is 0 Å². The SMILES string of the molecule is O=C1c2cccnc2C(=O)N1C1CCNC2(CCC2)C1. The Bertz CT molecular complexity index is 560. The highest BCUT2D eigenvalue weighted by Gasteiger charge is 2.47. The molecule has 0 bridgehead atoms. The summed E-state index contributed by atoms with van der Waals surface area (Å²) < 4.78 is 0. The number of aromatic nitrogens is 1. The van der Waals surface area contributed by atoms with Crippen molar-refractivity contribution in [1.29, 1.82) is 0 Å². The Hall–Kier alpha value is -1.75. The minimum atomic E-state index is -0.216. The van der Waals surface area contributed by atoms with E-state index in [1.54, 1.807) is 18.3 Å². The van der Waals surface area contributed by atoms with Gasteiger partial charge in [-0.1, -0.05) is 0 Å². The first-order chi connectivity index (χ1) is 9.70. The third-order valence-electron chi connectivity index (χ3n) is 4.96. The summed E-state index contributed by atoms with van der Waals surface area (Å²) in [6, 6.07) is 3.43. The molecule has 0 aromatic carbocycles. The third-order valence-corrected chi connectivity index (χ3v) is 4.96. The van der Waals surface area contributed by atoms with Crippen molar-refractivity contribution in [1.82, 2.24) is 15.2 Å². The first kappa shape index (κ1) is 12.0. The first-order valence-electron chi connectivity index (χ1n) is 7.28. The molecule has 1 aromatic rings. The average Bonchev–Trinajstić information content (AvgIpc) is 2.70. The molecule has 1 atom stereocenters. The van der Waals surface area contributed by atoms with Gasteiger partial charge in [0.25, 0.3) is 11.8 Å². The van der Waals surface area contributed by atoms with Crippen molar-refractivity contribution >= 4 is 11.8 Å². The van der Waals surface area contributed by atoms with Crippen LogP contribution < -0.4 is 5.32 Å². The number of carbonyl (C=O) groups excluding carboxylic acids is 2. The van der Waals surface area contributed by atoms with Gasteiger partial charge in [0.2, 0.25) is 0 Å². The van der Waals surface area contributed by atoms with Crippen LogP contribution in [-0.2, 0) is 0 Å². The number of imide groups is 1. The number of rotatable bonds is 1. The van der Waals surface area contributed by atoms with E-state index in [0.29, 0.717) is 11.3 Å². The predicted molar refractivity (Wildman–Crippen MR) is 72.3 cm³/mol. The van der Waals surface area contributed by atoms with E-state index >= 15 is 0 Å². The minimum absolute atomic E-state index is 0.0192. The van der Waals surface area contributed by atoms with E-state index in [-0.39, 0.29) is 23.4 Å². The fourth-order valence-electron chi connectivity index (χ4n) is 3.75. The lowest BCUT2D eigenvalue weighted by molar-refractivity contribution is 0.0404. The van der Waals surface area contributed by atoms with Crippen molar-refractivity contribution in [2.24, 2.45) is 0 Å². The average molecular weight is 271 g/mol. The second-order valence-corrected chi connectivity index (χ2v) is 6.09. The molecule has 1 aromatic heterocycles. The Morgan fingerprint density at radius 3 is 2.85 bits per heavy atom. The van der Waals surface area contributed by atoms with E-state index in [1.165, 1.54) is 11.3 Å². The number of piperidine rings is 1. The molecular weight excluding hydrogens is 254 g/mol. The number of nitrogens with one attached hydrogen (secondary N) is 1. The van der Waals surface area contributed by atoms with Crippen LogP contribution >= 0.6 is 0 Å². The van der Waals surface area contributed by atoms with Gasteiger partial charge >= 0.3 is 0 Å². The zero-order valence-electron chi connectivity index (χ0n) is 11.3. The topological polar surface area (TPSA) is 62.3 Å². The number of hydrogen-bond donors (Lipinski definition) is 1. The maximum Gasteiger partial charge on any atom is 0.280 e. The summed E-state index contributed by atoms with van der Waals surface area (Å²) >= 11 is 0. The standard InChI is InChI=1S/C15H17N3O2/c19-13-11-3-1-7-16-12(11)14(20)18(13)10-4-8-17-15(9-10)5-2-6-15/h1,3,7,10,17H,2,4-6,8-9H2. The van der Waals surface area contributed by atoms with Gasteiger partial charge in [0.15, 0.2) is 0 Å². The van der Waals surface area contributed by atoms with Gasteiger partial charge in [-0.15, -0.1) is 0 Å². The lowest BCUT2D eigenvalue weighted by atomic mass is 9.70. The van der Waals surface area contributed by atoms with Crippen LogP contribution in [0.5, 0.6) is 0 Å². The van der Waals surface area contributed by atoms with Gasteiger partial charge in [0, 0.05) is 17.8 Å². The lowest BCUT2D eigenvalue weighted by Gasteiger charge is -2.49. The monoisotopic (exact) mass is 271 g/mol. The van der Waals surface area contributed by atoms with Crippen LogP contribution in [0.25, 0.3) is 0 Å². The van der Waals surface area contributed by atoms with Crippen LogP contribution in [0.3, 0.4) is 0 Å². The molecule has 2 fully saturated rings. The third kappa shape index (κ3) is 1.56. The molecule has 2 aliphatic heterocycles. The second-order valence-electron chi connectivity index (χ2n) is 6.09. The van der Waals surface area contributed by atoms with E-state index in [0.717, 1.165) is 32.2 Å². The zero-order chi connectivity index (χ0) is 13.7. The van der Waals surface area contributed by atoms with E-state index in [9.17, 15) is 9.59 Å². The van der Waals surface area contributed by atoms with Gasteiger partial charge in [-0.05, 0) is 50.8 Å². The van der Waals surface area contributed by atoms with Crippen molar-refractivity contribution in [3.8, 4) is 0 Å². The molecular formula is C15H17N3O2. The predicted octanol–water partition coefficient (Wildman–Crippen LogP) is 1.35. The highest BCUT2D eigenvalue weighted by molar-refractivity contribution is 6.20. The number of hydrogen-bond acceptors (Lipinski definition) is 4. The maximum atomic E-state index is 12.5. The van der Waals surface area contributed by atoms with Crippen LogP contribution in [0.1, 0.15) is 53.0 Å². The molecule has 20 heavy (non-hydrogen) atoms. The zero-order valence-corrected chi connectivity index (χ0v) is 11.3. The van der Waals surface area contributed by atoms with Gasteiger partial charge in [-0.25, -0.2) is 0 Å². The number of pyridine rings is 1. The van der Waals surface area contributed by atoms with Crippen molar-refractivity contribution in [3.05, 3.63) is 29.6 Å². The molecule has 1 spiro atoms. The molecule has 1 N–H and O–H groups in total. The Morgan fingerprint density at radius 1 is 1.30 bits per heavy atom. The van der Waals surface area contributed by atoms with E-state index in [4.69, 9.17) is 0 Å². The number of amides is 2. The molecule has 1 aliphatic carbocycles. The molecule has 1 saturated heterocycles. The highest BCUT2D eigenvalue weighted by atomic mass is 16.2. The maximum absolute atomic E-state index is 12.5. The fourth-order valence-corrected chi connectivity index (χ4v) is 3.75. The van der Waals surface area contributed by atoms with Crippen molar-refractivity contribution < 1.29 is 9.59 Å². The second kappa shape index (κ2) is 4.12.